The summed E-state index contributed by atoms with van der Waals surface area (Å²) >= 11 is 0. The van der Waals surface area contributed by atoms with Crippen LogP contribution in [0.3, 0.4) is 0 Å². The van der Waals surface area contributed by atoms with Crippen LogP contribution in [0, 0.1) is 0 Å². The van der Waals surface area contributed by atoms with E-state index in [0.717, 1.165) is 24.5 Å². The molecule has 3 nitrogen and oxygen atoms in total. The maximum Gasteiger partial charge on any atom is 0.137 e. The van der Waals surface area contributed by atoms with Gasteiger partial charge < -0.3 is 10.2 Å². The summed E-state index contributed by atoms with van der Waals surface area (Å²) in [5, 5.41) is 3.18. The zero-order valence-corrected chi connectivity index (χ0v) is 11.9. The highest BCUT2D eigenvalue weighted by atomic mass is 15.2. The fraction of sp³-hybridized carbons (Fsp3) is 0.312. The minimum absolute atomic E-state index is 0.820. The third kappa shape index (κ3) is 3.12. The van der Waals surface area contributed by atoms with Gasteiger partial charge in [0.15, 0.2) is 0 Å². The molecule has 1 heterocycles. The summed E-state index contributed by atoms with van der Waals surface area (Å²) in [6.45, 7) is 2.99. The van der Waals surface area contributed by atoms with E-state index in [1.165, 1.54) is 11.1 Å². The van der Waals surface area contributed by atoms with Crippen LogP contribution in [-0.4, -0.2) is 19.1 Å². The molecule has 100 valence electrons. The van der Waals surface area contributed by atoms with Gasteiger partial charge in [-0.1, -0.05) is 25.1 Å². The maximum atomic E-state index is 4.50. The number of nitrogens with zero attached hydrogens (tertiary/aromatic N) is 2. The number of hydrogen-bond donors (Lipinski definition) is 1. The number of aromatic nitrogens is 1. The number of rotatable bonds is 5. The lowest BCUT2D eigenvalue weighted by Gasteiger charge is -2.21. The number of benzene rings is 1. The minimum atomic E-state index is 0.820. The van der Waals surface area contributed by atoms with Crippen LogP contribution in [0.2, 0.25) is 0 Å². The monoisotopic (exact) mass is 255 g/mol. The zero-order chi connectivity index (χ0) is 13.7. The second kappa shape index (κ2) is 6.34. The summed E-state index contributed by atoms with van der Waals surface area (Å²) in [5.74, 6) is 1.00. The van der Waals surface area contributed by atoms with Crippen molar-refractivity contribution in [2.75, 3.05) is 19.0 Å². The van der Waals surface area contributed by atoms with Gasteiger partial charge in [-0.25, -0.2) is 4.98 Å². The molecule has 3 heteroatoms. The van der Waals surface area contributed by atoms with Crippen LogP contribution < -0.4 is 10.2 Å². The molecule has 19 heavy (non-hydrogen) atoms. The molecule has 1 aromatic heterocycles. The third-order valence-corrected chi connectivity index (χ3v) is 3.28. The van der Waals surface area contributed by atoms with E-state index in [1.807, 2.05) is 19.3 Å². The van der Waals surface area contributed by atoms with Gasteiger partial charge >= 0.3 is 0 Å². The minimum Gasteiger partial charge on any atom is -0.329 e. The van der Waals surface area contributed by atoms with Crippen molar-refractivity contribution in [2.24, 2.45) is 0 Å². The van der Waals surface area contributed by atoms with Crippen molar-refractivity contribution in [1.82, 2.24) is 10.3 Å². The maximum absolute atomic E-state index is 4.50. The van der Waals surface area contributed by atoms with Gasteiger partial charge in [-0.2, -0.15) is 0 Å². The standard InChI is InChI=1S/C16H21N3/c1-4-13-7-9-15(10-8-13)19(3)16-14(12-17-2)6-5-11-18-16/h5-11,17H,4,12H2,1-3H3. The van der Waals surface area contributed by atoms with E-state index in [9.17, 15) is 0 Å². The summed E-state index contributed by atoms with van der Waals surface area (Å²) in [5.41, 5.74) is 3.72. The molecule has 1 N–H and O–H groups in total. The summed E-state index contributed by atoms with van der Waals surface area (Å²) in [6.07, 6.45) is 2.91. The van der Waals surface area contributed by atoms with Crippen LogP contribution >= 0.6 is 0 Å². The Labute approximate surface area is 115 Å². The smallest absolute Gasteiger partial charge is 0.137 e. The van der Waals surface area contributed by atoms with E-state index < -0.39 is 0 Å². The van der Waals surface area contributed by atoms with Gasteiger partial charge in [-0.3, -0.25) is 0 Å². The predicted molar refractivity (Wildman–Crippen MR) is 80.9 cm³/mol. The Morgan fingerprint density at radius 2 is 1.89 bits per heavy atom. The Kier molecular flexibility index (Phi) is 4.53. The van der Waals surface area contributed by atoms with Crippen LogP contribution in [-0.2, 0) is 13.0 Å². The second-order valence-corrected chi connectivity index (χ2v) is 4.60. The molecule has 0 bridgehead atoms. The highest BCUT2D eigenvalue weighted by molar-refractivity contribution is 5.62. The SMILES string of the molecule is CCc1ccc(N(C)c2ncccc2CNC)cc1. The molecular formula is C16H21N3. The summed E-state index contributed by atoms with van der Waals surface area (Å²) in [6, 6.07) is 12.7. The number of aryl methyl sites for hydroxylation is 1. The molecule has 0 atom stereocenters. The van der Waals surface area contributed by atoms with Crippen molar-refractivity contribution in [3.63, 3.8) is 0 Å². The molecule has 2 aromatic rings. The Bertz CT molecular complexity index is 520. The molecule has 0 aliphatic carbocycles. The molecule has 0 fully saturated rings. The quantitative estimate of drug-likeness (QED) is 0.889. The van der Waals surface area contributed by atoms with Crippen molar-refractivity contribution < 1.29 is 0 Å². The van der Waals surface area contributed by atoms with Crippen LogP contribution in [0.1, 0.15) is 18.1 Å². The first-order valence-corrected chi connectivity index (χ1v) is 6.67. The average molecular weight is 255 g/mol. The first-order chi connectivity index (χ1) is 9.26. The summed E-state index contributed by atoms with van der Waals surface area (Å²) in [4.78, 5) is 6.63. The van der Waals surface area contributed by atoms with Crippen LogP contribution in [0.25, 0.3) is 0 Å². The summed E-state index contributed by atoms with van der Waals surface area (Å²) in [7, 11) is 4.01. The lowest BCUT2D eigenvalue weighted by atomic mass is 10.1. The van der Waals surface area contributed by atoms with Crippen molar-refractivity contribution in [1.29, 1.82) is 0 Å². The normalized spacial score (nSPS) is 10.5. The largest absolute Gasteiger partial charge is 0.329 e. The molecule has 0 aliphatic heterocycles. The molecular weight excluding hydrogens is 234 g/mol. The van der Waals surface area contributed by atoms with E-state index in [4.69, 9.17) is 0 Å². The van der Waals surface area contributed by atoms with E-state index >= 15 is 0 Å². The van der Waals surface area contributed by atoms with Gasteiger partial charge in [0.05, 0.1) is 0 Å². The highest BCUT2D eigenvalue weighted by Crippen LogP contribution is 2.25. The van der Waals surface area contributed by atoms with E-state index in [2.05, 4.69) is 59.5 Å². The summed E-state index contributed by atoms with van der Waals surface area (Å²) < 4.78 is 0. The van der Waals surface area contributed by atoms with E-state index in [1.54, 1.807) is 0 Å². The number of hydrogen-bond acceptors (Lipinski definition) is 3. The Morgan fingerprint density at radius 1 is 1.16 bits per heavy atom. The fourth-order valence-electron chi connectivity index (χ4n) is 2.14. The first kappa shape index (κ1) is 13.6. The van der Waals surface area contributed by atoms with E-state index in [-0.39, 0.29) is 0 Å². The molecule has 0 spiro atoms. The van der Waals surface area contributed by atoms with Gasteiger partial charge in [0, 0.05) is 31.0 Å². The van der Waals surface area contributed by atoms with E-state index in [0.29, 0.717) is 0 Å². The number of pyridine rings is 1. The van der Waals surface area contributed by atoms with Crippen LogP contribution in [0.4, 0.5) is 11.5 Å². The molecule has 0 amide bonds. The van der Waals surface area contributed by atoms with Crippen molar-refractivity contribution >= 4 is 11.5 Å². The molecule has 0 unspecified atom stereocenters. The highest BCUT2D eigenvalue weighted by Gasteiger charge is 2.09. The third-order valence-electron chi connectivity index (χ3n) is 3.28. The first-order valence-electron chi connectivity index (χ1n) is 6.67. The Balaban J connectivity index is 2.29. The van der Waals surface area contributed by atoms with Gasteiger partial charge in [0.25, 0.3) is 0 Å². The molecule has 0 aliphatic rings. The van der Waals surface area contributed by atoms with Gasteiger partial charge in [0.2, 0.25) is 0 Å². The van der Waals surface area contributed by atoms with Gasteiger partial charge in [-0.05, 0) is 37.2 Å². The van der Waals surface area contributed by atoms with Crippen LogP contribution in [0.15, 0.2) is 42.6 Å². The second-order valence-electron chi connectivity index (χ2n) is 4.60. The Hall–Kier alpha value is -1.87. The Morgan fingerprint density at radius 3 is 2.53 bits per heavy atom. The van der Waals surface area contributed by atoms with Gasteiger partial charge in [0.1, 0.15) is 5.82 Å². The van der Waals surface area contributed by atoms with Crippen LogP contribution in [0.5, 0.6) is 0 Å². The number of anilines is 2. The number of nitrogens with one attached hydrogen (secondary N) is 1. The molecule has 2 rings (SSSR count). The van der Waals surface area contributed by atoms with Crippen molar-refractivity contribution in [3.05, 3.63) is 53.7 Å². The molecule has 0 saturated carbocycles. The van der Waals surface area contributed by atoms with Gasteiger partial charge in [-0.15, -0.1) is 0 Å². The van der Waals surface area contributed by atoms with Crippen molar-refractivity contribution in [3.8, 4) is 0 Å². The lowest BCUT2D eigenvalue weighted by Crippen LogP contribution is -2.16. The topological polar surface area (TPSA) is 28.2 Å². The predicted octanol–water partition coefficient (Wildman–Crippen LogP) is 3.13. The average Bonchev–Trinajstić information content (AvgIpc) is 2.47. The molecule has 0 radical (unpaired) electrons. The van der Waals surface area contributed by atoms with Crippen molar-refractivity contribution in [2.45, 2.75) is 19.9 Å². The lowest BCUT2D eigenvalue weighted by molar-refractivity contribution is 0.810. The fourth-order valence-corrected chi connectivity index (χ4v) is 2.14. The molecule has 1 aromatic carbocycles. The zero-order valence-electron chi connectivity index (χ0n) is 11.9. The molecule has 0 saturated heterocycles.